The van der Waals surface area contributed by atoms with Crippen molar-refractivity contribution in [1.29, 1.82) is 0 Å². The highest BCUT2D eigenvalue weighted by Gasteiger charge is 2.54. The van der Waals surface area contributed by atoms with Crippen LogP contribution in [0.15, 0.2) is 18.3 Å². The van der Waals surface area contributed by atoms with E-state index >= 15 is 0 Å². The number of rotatable bonds is 0. The predicted octanol–water partition coefficient (Wildman–Crippen LogP) is 2.48. The summed E-state index contributed by atoms with van der Waals surface area (Å²) in [5, 5.41) is 0. The normalized spacial score (nSPS) is 27.0. The Morgan fingerprint density at radius 2 is 2.23 bits per heavy atom. The fourth-order valence-electron chi connectivity index (χ4n) is 3.13. The second-order valence-electron chi connectivity index (χ2n) is 6.94. The van der Waals surface area contributed by atoms with E-state index in [0.717, 1.165) is 5.56 Å². The molecule has 0 bridgehead atoms. The summed E-state index contributed by atoms with van der Waals surface area (Å²) in [6.45, 7) is 7.72. The molecule has 1 aromatic heterocycles. The first kappa shape index (κ1) is 14.8. The molecule has 0 saturated carbocycles. The number of aromatic nitrogens is 1. The van der Waals surface area contributed by atoms with Crippen molar-refractivity contribution in [3.63, 3.8) is 0 Å². The van der Waals surface area contributed by atoms with Crippen molar-refractivity contribution in [3.05, 3.63) is 29.6 Å². The molecule has 2 atom stereocenters. The number of amides is 1. The SMILES string of the molecule is C[C@H]1CC2(CN1C(=O)OC(C)(C)C)OC(=O)c1ncccc12. The van der Waals surface area contributed by atoms with Crippen molar-refractivity contribution < 1.29 is 19.1 Å². The molecular weight excluding hydrogens is 284 g/mol. The molecule has 0 N–H and O–H groups in total. The van der Waals surface area contributed by atoms with Crippen LogP contribution >= 0.6 is 0 Å². The molecule has 2 aliphatic rings. The van der Waals surface area contributed by atoms with Crippen LogP contribution in [0.2, 0.25) is 0 Å². The number of hydrogen-bond donors (Lipinski definition) is 0. The van der Waals surface area contributed by atoms with Gasteiger partial charge in [0.05, 0.1) is 6.54 Å². The van der Waals surface area contributed by atoms with Crippen LogP contribution in [0.4, 0.5) is 4.79 Å². The summed E-state index contributed by atoms with van der Waals surface area (Å²) in [6, 6.07) is 3.55. The van der Waals surface area contributed by atoms with Crippen LogP contribution in [-0.2, 0) is 15.1 Å². The van der Waals surface area contributed by atoms with Crippen molar-refractivity contribution in [2.24, 2.45) is 0 Å². The Balaban J connectivity index is 1.88. The Kier molecular flexibility index (Phi) is 3.16. The minimum Gasteiger partial charge on any atom is -0.447 e. The summed E-state index contributed by atoms with van der Waals surface area (Å²) in [4.78, 5) is 30.1. The standard InChI is InChI=1S/C16H20N2O4/c1-10-8-16(9-18(10)14(20)22-15(2,3)4)11-6-5-7-17-12(11)13(19)21-16/h5-7,10H,8-9H2,1-4H3/t10-,16?/m0/s1. The molecule has 118 valence electrons. The first-order valence-electron chi connectivity index (χ1n) is 7.40. The molecule has 1 fully saturated rings. The van der Waals surface area contributed by atoms with Crippen molar-refractivity contribution in [2.75, 3.05) is 6.54 Å². The van der Waals surface area contributed by atoms with Gasteiger partial charge in [-0.25, -0.2) is 14.6 Å². The summed E-state index contributed by atoms with van der Waals surface area (Å²) in [5.41, 5.74) is -0.242. The van der Waals surface area contributed by atoms with E-state index < -0.39 is 17.2 Å². The van der Waals surface area contributed by atoms with Gasteiger partial charge in [0.1, 0.15) is 5.60 Å². The van der Waals surface area contributed by atoms with E-state index in [1.165, 1.54) is 0 Å². The second-order valence-corrected chi connectivity index (χ2v) is 6.94. The average Bonchev–Trinajstić information content (AvgIpc) is 2.87. The zero-order valence-electron chi connectivity index (χ0n) is 13.3. The molecule has 0 aromatic carbocycles. The highest BCUT2D eigenvalue weighted by atomic mass is 16.6. The molecule has 6 heteroatoms. The number of pyridine rings is 1. The maximum absolute atomic E-state index is 12.4. The maximum atomic E-state index is 12.4. The number of nitrogens with zero attached hydrogens (tertiary/aromatic N) is 2. The second kappa shape index (κ2) is 4.69. The Morgan fingerprint density at radius 3 is 2.91 bits per heavy atom. The van der Waals surface area contributed by atoms with Gasteiger partial charge in [-0.15, -0.1) is 0 Å². The van der Waals surface area contributed by atoms with Crippen LogP contribution in [0.25, 0.3) is 0 Å². The summed E-state index contributed by atoms with van der Waals surface area (Å²) in [6.07, 6.45) is 1.74. The average molecular weight is 304 g/mol. The largest absolute Gasteiger partial charge is 0.447 e. The van der Waals surface area contributed by atoms with Crippen LogP contribution in [0.5, 0.6) is 0 Å². The van der Waals surface area contributed by atoms with Gasteiger partial charge in [0.25, 0.3) is 0 Å². The predicted molar refractivity (Wildman–Crippen MR) is 78.3 cm³/mol. The minimum atomic E-state index is -0.795. The fourth-order valence-corrected chi connectivity index (χ4v) is 3.13. The number of ether oxygens (including phenoxy) is 2. The molecule has 6 nitrogen and oxygen atoms in total. The van der Waals surface area contributed by atoms with Gasteiger partial charge in [-0.3, -0.25) is 0 Å². The van der Waals surface area contributed by atoms with Gasteiger partial charge >= 0.3 is 12.1 Å². The van der Waals surface area contributed by atoms with Crippen LogP contribution in [-0.4, -0.2) is 40.1 Å². The third-order valence-electron chi connectivity index (χ3n) is 3.99. The van der Waals surface area contributed by atoms with Gasteiger partial charge in [-0.2, -0.15) is 0 Å². The molecule has 1 amide bonds. The molecule has 0 radical (unpaired) electrons. The Labute approximate surface area is 129 Å². The summed E-state index contributed by atoms with van der Waals surface area (Å²) < 4.78 is 11.1. The topological polar surface area (TPSA) is 68.7 Å². The number of esters is 1. The lowest BCUT2D eigenvalue weighted by atomic mass is 9.92. The first-order chi connectivity index (χ1) is 10.2. The molecule has 1 unspecified atom stereocenters. The van der Waals surface area contributed by atoms with Crippen LogP contribution < -0.4 is 0 Å². The fraction of sp³-hybridized carbons (Fsp3) is 0.562. The van der Waals surface area contributed by atoms with Gasteiger partial charge in [-0.1, -0.05) is 6.07 Å². The van der Waals surface area contributed by atoms with Crippen LogP contribution in [0.3, 0.4) is 0 Å². The summed E-state index contributed by atoms with van der Waals surface area (Å²) in [5.74, 6) is -0.422. The van der Waals surface area contributed by atoms with Crippen molar-refractivity contribution in [2.45, 2.75) is 51.4 Å². The van der Waals surface area contributed by atoms with E-state index in [1.54, 1.807) is 17.2 Å². The first-order valence-corrected chi connectivity index (χ1v) is 7.40. The van der Waals surface area contributed by atoms with Crippen LogP contribution in [0, 0.1) is 0 Å². The molecule has 0 aliphatic carbocycles. The van der Waals surface area contributed by atoms with Crippen molar-refractivity contribution >= 4 is 12.1 Å². The highest BCUT2D eigenvalue weighted by Crippen LogP contribution is 2.45. The minimum absolute atomic E-state index is 0.0752. The van der Waals surface area contributed by atoms with E-state index in [9.17, 15) is 9.59 Å². The number of carbonyl (C=O) groups excluding carboxylic acids is 2. The number of likely N-dealkylation sites (tertiary alicyclic amines) is 1. The molecule has 3 rings (SSSR count). The molecule has 3 heterocycles. The summed E-state index contributed by atoms with van der Waals surface area (Å²) >= 11 is 0. The monoisotopic (exact) mass is 304 g/mol. The van der Waals surface area contributed by atoms with Crippen molar-refractivity contribution in [1.82, 2.24) is 9.88 Å². The highest BCUT2D eigenvalue weighted by molar-refractivity contribution is 5.93. The zero-order valence-corrected chi connectivity index (χ0v) is 13.3. The number of hydrogen-bond acceptors (Lipinski definition) is 5. The lowest BCUT2D eigenvalue weighted by Gasteiger charge is -2.27. The van der Waals surface area contributed by atoms with E-state index in [1.807, 2.05) is 33.8 Å². The van der Waals surface area contributed by atoms with Gasteiger partial charge in [0.2, 0.25) is 0 Å². The number of fused-ring (bicyclic) bond motifs is 2. The van der Waals surface area contributed by atoms with Gasteiger partial charge in [-0.05, 0) is 33.8 Å². The van der Waals surface area contributed by atoms with Gasteiger partial charge in [0.15, 0.2) is 11.3 Å². The molecule has 1 aromatic rings. The van der Waals surface area contributed by atoms with E-state index in [0.29, 0.717) is 18.7 Å². The molecular formula is C16H20N2O4. The molecule has 1 saturated heterocycles. The van der Waals surface area contributed by atoms with E-state index in [-0.39, 0.29) is 12.1 Å². The Bertz CT molecular complexity index is 637. The molecule has 2 aliphatic heterocycles. The smallest absolute Gasteiger partial charge is 0.410 e. The third kappa shape index (κ3) is 2.32. The summed E-state index contributed by atoms with van der Waals surface area (Å²) in [7, 11) is 0. The third-order valence-corrected chi connectivity index (χ3v) is 3.99. The number of carbonyl (C=O) groups is 2. The van der Waals surface area contributed by atoms with Gasteiger partial charge in [0, 0.05) is 24.2 Å². The van der Waals surface area contributed by atoms with E-state index in [4.69, 9.17) is 9.47 Å². The molecule has 22 heavy (non-hydrogen) atoms. The van der Waals surface area contributed by atoms with Crippen LogP contribution in [0.1, 0.15) is 50.2 Å². The Morgan fingerprint density at radius 1 is 1.50 bits per heavy atom. The lowest BCUT2D eigenvalue weighted by Crippen LogP contribution is -2.40. The zero-order chi connectivity index (χ0) is 16.1. The van der Waals surface area contributed by atoms with Gasteiger partial charge < -0.3 is 14.4 Å². The Hall–Kier alpha value is -2.11. The molecule has 1 spiro atoms. The lowest BCUT2D eigenvalue weighted by molar-refractivity contribution is -0.00897. The maximum Gasteiger partial charge on any atom is 0.410 e. The quantitative estimate of drug-likeness (QED) is 0.689. The van der Waals surface area contributed by atoms with Crippen molar-refractivity contribution in [3.8, 4) is 0 Å². The van der Waals surface area contributed by atoms with E-state index in [2.05, 4.69) is 4.98 Å².